The third-order valence-corrected chi connectivity index (χ3v) is 6.49. The highest BCUT2D eigenvalue weighted by molar-refractivity contribution is 7.15. The van der Waals surface area contributed by atoms with E-state index >= 15 is 0 Å². The molecule has 0 aliphatic heterocycles. The number of nitrogens with zero attached hydrogens (tertiary/aromatic N) is 3. The molecule has 0 aliphatic rings. The molecular formula is C27H23ClFN5O4S. The fourth-order valence-electron chi connectivity index (χ4n) is 3.44. The van der Waals surface area contributed by atoms with Crippen LogP contribution in [-0.2, 0) is 17.8 Å². The van der Waals surface area contributed by atoms with Crippen LogP contribution >= 0.6 is 22.9 Å². The molecule has 2 N–H and O–H groups in total. The molecule has 9 nitrogen and oxygen atoms in total. The molecular weight excluding hydrogens is 545 g/mol. The van der Waals surface area contributed by atoms with Gasteiger partial charge in [0.05, 0.1) is 24.8 Å². The van der Waals surface area contributed by atoms with E-state index in [0.717, 1.165) is 16.9 Å². The summed E-state index contributed by atoms with van der Waals surface area (Å²) in [5.41, 5.74) is 4.69. The van der Waals surface area contributed by atoms with Crippen LogP contribution in [0.25, 0.3) is 0 Å². The summed E-state index contributed by atoms with van der Waals surface area (Å²) < 4.78 is 24.9. The van der Waals surface area contributed by atoms with Gasteiger partial charge >= 0.3 is 0 Å². The van der Waals surface area contributed by atoms with Crippen LogP contribution in [-0.4, -0.2) is 35.3 Å². The minimum atomic E-state index is -0.429. The first-order valence-corrected chi connectivity index (χ1v) is 12.8. The summed E-state index contributed by atoms with van der Waals surface area (Å²) in [7, 11) is 1.45. The highest BCUT2D eigenvalue weighted by Gasteiger charge is 2.15. The summed E-state index contributed by atoms with van der Waals surface area (Å²) in [4.78, 5) is 24.8. The van der Waals surface area contributed by atoms with Gasteiger partial charge < -0.3 is 9.47 Å². The lowest BCUT2D eigenvalue weighted by Crippen LogP contribution is -2.19. The number of anilines is 1. The number of hydrogen-bond donors (Lipinski definition) is 2. The Labute approximate surface area is 232 Å². The van der Waals surface area contributed by atoms with Gasteiger partial charge in [-0.05, 0) is 42.3 Å². The van der Waals surface area contributed by atoms with Crippen LogP contribution in [0.15, 0.2) is 65.8 Å². The van der Waals surface area contributed by atoms with Crippen molar-refractivity contribution >= 4 is 46.1 Å². The Kier molecular flexibility index (Phi) is 9.18. The number of carbonyl (C=O) groups is 2. The zero-order valence-electron chi connectivity index (χ0n) is 20.9. The first-order valence-electron chi connectivity index (χ1n) is 11.6. The topological polar surface area (TPSA) is 115 Å². The molecule has 39 heavy (non-hydrogen) atoms. The van der Waals surface area contributed by atoms with Crippen molar-refractivity contribution < 1.29 is 23.5 Å². The Bertz CT molecular complexity index is 1530. The third-order valence-electron chi connectivity index (χ3n) is 5.37. The third kappa shape index (κ3) is 7.37. The molecule has 12 heteroatoms. The van der Waals surface area contributed by atoms with Crippen molar-refractivity contribution in [3.05, 3.63) is 98.8 Å². The van der Waals surface area contributed by atoms with Crippen molar-refractivity contribution in [1.29, 1.82) is 0 Å². The normalized spacial score (nSPS) is 10.9. The number of nitrogens with one attached hydrogen (secondary N) is 2. The number of hydrazone groups is 1. The second-order valence-electron chi connectivity index (χ2n) is 8.15. The lowest BCUT2D eigenvalue weighted by atomic mass is 10.1. The molecule has 200 valence electrons. The van der Waals surface area contributed by atoms with E-state index in [1.165, 1.54) is 19.4 Å². The van der Waals surface area contributed by atoms with Crippen LogP contribution < -0.4 is 20.2 Å². The number of hydrogen-bond acceptors (Lipinski definition) is 8. The largest absolute Gasteiger partial charge is 0.493 e. The highest BCUT2D eigenvalue weighted by Crippen LogP contribution is 2.36. The molecule has 0 bridgehead atoms. The van der Waals surface area contributed by atoms with Crippen LogP contribution in [0.3, 0.4) is 0 Å². The fourth-order valence-corrected chi connectivity index (χ4v) is 4.45. The van der Waals surface area contributed by atoms with Gasteiger partial charge in [0.2, 0.25) is 11.0 Å². The Morgan fingerprint density at radius 1 is 1.13 bits per heavy atom. The summed E-state index contributed by atoms with van der Waals surface area (Å²) in [5, 5.41) is 15.4. The van der Waals surface area contributed by atoms with Gasteiger partial charge in [-0.15, -0.1) is 10.2 Å². The molecule has 0 radical (unpaired) electrons. The van der Waals surface area contributed by atoms with Gasteiger partial charge in [0, 0.05) is 11.1 Å². The lowest BCUT2D eigenvalue weighted by molar-refractivity contribution is -0.120. The summed E-state index contributed by atoms with van der Waals surface area (Å²) in [6.45, 7) is 1.81. The number of ether oxygens (including phenoxy) is 2. The Morgan fingerprint density at radius 3 is 2.67 bits per heavy atom. The minimum Gasteiger partial charge on any atom is -0.493 e. The first-order chi connectivity index (χ1) is 18.8. The fraction of sp³-hybridized carbons (Fsp3) is 0.148. The highest BCUT2D eigenvalue weighted by atomic mass is 35.5. The van der Waals surface area contributed by atoms with Gasteiger partial charge in [0.1, 0.15) is 17.4 Å². The maximum Gasteiger partial charge on any atom is 0.257 e. The van der Waals surface area contributed by atoms with Gasteiger partial charge in [-0.1, -0.05) is 59.3 Å². The molecule has 3 aromatic carbocycles. The Hall–Kier alpha value is -4.35. The summed E-state index contributed by atoms with van der Waals surface area (Å²) in [6.07, 6.45) is 1.31. The minimum absolute atomic E-state index is 0.0326. The number of halogens is 2. The summed E-state index contributed by atoms with van der Waals surface area (Å²) in [6, 6.07) is 16.6. The molecule has 2 amide bonds. The molecule has 0 spiro atoms. The van der Waals surface area contributed by atoms with E-state index in [9.17, 15) is 14.0 Å². The maximum atomic E-state index is 13.9. The van der Waals surface area contributed by atoms with Gasteiger partial charge in [-0.3, -0.25) is 14.9 Å². The van der Waals surface area contributed by atoms with E-state index in [4.69, 9.17) is 21.1 Å². The molecule has 0 atom stereocenters. The number of carbonyl (C=O) groups excluding carboxylic acids is 2. The van der Waals surface area contributed by atoms with Crippen LogP contribution in [0, 0.1) is 12.7 Å². The second kappa shape index (κ2) is 12.9. The Balaban J connectivity index is 1.32. The number of aromatic nitrogens is 2. The molecule has 0 saturated carbocycles. The number of rotatable bonds is 10. The maximum absolute atomic E-state index is 13.9. The molecule has 0 saturated heterocycles. The Morgan fingerprint density at radius 2 is 1.90 bits per heavy atom. The van der Waals surface area contributed by atoms with Crippen LogP contribution in [0.4, 0.5) is 9.52 Å². The molecule has 1 aromatic heterocycles. The van der Waals surface area contributed by atoms with Gasteiger partial charge in [0.25, 0.3) is 5.91 Å². The van der Waals surface area contributed by atoms with Crippen molar-refractivity contribution in [3.63, 3.8) is 0 Å². The number of methoxy groups -OCH3 is 1. The number of aryl methyl sites for hydroxylation is 1. The molecule has 0 unspecified atom stereocenters. The van der Waals surface area contributed by atoms with Gasteiger partial charge in [0.15, 0.2) is 11.5 Å². The van der Waals surface area contributed by atoms with Crippen molar-refractivity contribution in [2.75, 3.05) is 12.4 Å². The number of benzene rings is 3. The van der Waals surface area contributed by atoms with Crippen LogP contribution in [0.1, 0.15) is 32.1 Å². The monoisotopic (exact) mass is 567 g/mol. The summed E-state index contributed by atoms with van der Waals surface area (Å²) >= 11 is 7.46. The molecule has 0 aliphatic carbocycles. The van der Waals surface area contributed by atoms with Crippen molar-refractivity contribution in [3.8, 4) is 11.5 Å². The second-order valence-corrected chi connectivity index (χ2v) is 9.62. The lowest BCUT2D eigenvalue weighted by Gasteiger charge is -2.13. The predicted molar refractivity (Wildman–Crippen MR) is 147 cm³/mol. The zero-order chi connectivity index (χ0) is 27.8. The summed E-state index contributed by atoms with van der Waals surface area (Å²) in [5.74, 6) is -0.542. The van der Waals surface area contributed by atoms with E-state index < -0.39 is 5.91 Å². The van der Waals surface area contributed by atoms with E-state index in [2.05, 4.69) is 26.0 Å². The SMILES string of the molecule is COc1cc(/C=N\NC(=O)Cc2nnc(NC(=O)c3ccccc3C)s2)cc(Cl)c1OCc1ccccc1F. The van der Waals surface area contributed by atoms with E-state index in [-0.39, 0.29) is 40.7 Å². The van der Waals surface area contributed by atoms with E-state index in [0.29, 0.717) is 27.4 Å². The zero-order valence-corrected chi connectivity index (χ0v) is 22.5. The molecule has 0 fully saturated rings. The van der Waals surface area contributed by atoms with E-state index in [1.54, 1.807) is 42.5 Å². The van der Waals surface area contributed by atoms with Crippen LogP contribution in [0.5, 0.6) is 11.5 Å². The average Bonchev–Trinajstić information content (AvgIpc) is 3.35. The standard InChI is InChI=1S/C27H23ClFN5O4S/c1-16-7-3-5-9-19(16)26(36)31-27-34-33-24(39-27)13-23(35)32-30-14-17-11-20(28)25(22(12-17)37-2)38-15-18-8-4-6-10-21(18)29/h3-12,14H,13,15H2,1-2H3,(H,32,35)(H,31,34,36)/b30-14-. The number of amides is 2. The van der Waals surface area contributed by atoms with Gasteiger partial charge in [-0.25, -0.2) is 9.82 Å². The molecule has 4 aromatic rings. The first kappa shape index (κ1) is 27.7. The predicted octanol–water partition coefficient (Wildman–Crippen LogP) is 5.17. The van der Waals surface area contributed by atoms with Crippen molar-refractivity contribution in [2.45, 2.75) is 20.0 Å². The quantitative estimate of drug-likeness (QED) is 0.202. The van der Waals surface area contributed by atoms with Crippen molar-refractivity contribution in [2.24, 2.45) is 5.10 Å². The molecule has 1 heterocycles. The van der Waals surface area contributed by atoms with Crippen molar-refractivity contribution in [1.82, 2.24) is 15.6 Å². The molecule has 4 rings (SSSR count). The smallest absolute Gasteiger partial charge is 0.257 e. The van der Waals surface area contributed by atoms with Gasteiger partial charge in [-0.2, -0.15) is 5.10 Å². The average molecular weight is 568 g/mol. The van der Waals surface area contributed by atoms with E-state index in [1.807, 2.05) is 19.1 Å². The van der Waals surface area contributed by atoms with Crippen LogP contribution in [0.2, 0.25) is 5.02 Å².